The van der Waals surface area contributed by atoms with Gasteiger partial charge < -0.3 is 15.2 Å². The van der Waals surface area contributed by atoms with Gasteiger partial charge in [-0.15, -0.1) is 0 Å². The van der Waals surface area contributed by atoms with Gasteiger partial charge in [-0.25, -0.2) is 0 Å². The summed E-state index contributed by atoms with van der Waals surface area (Å²) in [5.41, 5.74) is 0.727. The summed E-state index contributed by atoms with van der Waals surface area (Å²) in [6.45, 7) is 3.37. The Hall–Kier alpha value is -1.55. The van der Waals surface area contributed by atoms with Crippen LogP contribution in [0.4, 0.5) is 0 Å². The number of aliphatic carboxylic acids is 1. The van der Waals surface area contributed by atoms with Crippen molar-refractivity contribution in [3.05, 3.63) is 29.8 Å². The van der Waals surface area contributed by atoms with E-state index in [0.29, 0.717) is 13.1 Å². The van der Waals surface area contributed by atoms with Gasteiger partial charge >= 0.3 is 5.97 Å². The Balaban J connectivity index is 1.96. The van der Waals surface area contributed by atoms with Crippen LogP contribution >= 0.6 is 0 Å². The van der Waals surface area contributed by atoms with Gasteiger partial charge in [0.1, 0.15) is 11.4 Å². The minimum Gasteiger partial charge on any atom is -0.484 e. The zero-order valence-electron chi connectivity index (χ0n) is 11.3. The fourth-order valence-electron chi connectivity index (χ4n) is 2.27. The molecule has 0 spiro atoms. The largest absolute Gasteiger partial charge is 0.484 e. The highest BCUT2D eigenvalue weighted by Crippen LogP contribution is 2.25. The fourth-order valence-corrected chi connectivity index (χ4v) is 2.27. The smallest absolute Gasteiger partial charge is 0.307 e. The van der Waals surface area contributed by atoms with Crippen molar-refractivity contribution < 1.29 is 14.6 Å². The molecule has 0 atom stereocenters. The summed E-state index contributed by atoms with van der Waals surface area (Å²) >= 11 is 0. The zero-order valence-corrected chi connectivity index (χ0v) is 11.3. The number of aryl methyl sites for hydroxylation is 1. The lowest BCUT2D eigenvalue weighted by atomic mass is 9.92. The first kappa shape index (κ1) is 13.9. The van der Waals surface area contributed by atoms with Gasteiger partial charge in [-0.1, -0.05) is 25.5 Å². The molecule has 104 valence electrons. The van der Waals surface area contributed by atoms with Crippen LogP contribution in [0.2, 0.25) is 0 Å². The van der Waals surface area contributed by atoms with Crippen molar-refractivity contribution in [1.29, 1.82) is 0 Å². The molecule has 0 saturated carbocycles. The summed E-state index contributed by atoms with van der Waals surface area (Å²) in [4.78, 5) is 10.9. The van der Waals surface area contributed by atoms with Gasteiger partial charge in [0.25, 0.3) is 0 Å². The lowest BCUT2D eigenvalue weighted by Crippen LogP contribution is -2.64. The standard InChI is InChI=1S/C15H21NO3/c1-2-3-4-12-5-7-13(8-6-12)19-15(9-14(17)18)10-16-11-15/h5-8,16H,2-4,9-11H2,1H3,(H,17,18). The van der Waals surface area contributed by atoms with Gasteiger partial charge in [-0.05, 0) is 30.5 Å². The number of hydrogen-bond acceptors (Lipinski definition) is 3. The molecule has 0 aliphatic carbocycles. The number of nitrogens with one attached hydrogen (secondary N) is 1. The van der Waals surface area contributed by atoms with Crippen LogP contribution in [-0.4, -0.2) is 29.8 Å². The maximum atomic E-state index is 10.9. The first-order valence-electron chi connectivity index (χ1n) is 6.84. The molecule has 19 heavy (non-hydrogen) atoms. The van der Waals surface area contributed by atoms with Crippen LogP contribution in [-0.2, 0) is 11.2 Å². The third kappa shape index (κ3) is 3.70. The van der Waals surface area contributed by atoms with Crippen LogP contribution < -0.4 is 10.1 Å². The van der Waals surface area contributed by atoms with Crippen molar-refractivity contribution in [3.8, 4) is 5.75 Å². The average molecular weight is 263 g/mol. The van der Waals surface area contributed by atoms with Crippen LogP contribution in [0.3, 0.4) is 0 Å². The lowest BCUT2D eigenvalue weighted by molar-refractivity contribution is -0.143. The van der Waals surface area contributed by atoms with Crippen LogP contribution in [0.15, 0.2) is 24.3 Å². The molecule has 1 fully saturated rings. The van der Waals surface area contributed by atoms with Crippen molar-refractivity contribution in [1.82, 2.24) is 5.32 Å². The number of carbonyl (C=O) groups is 1. The van der Waals surface area contributed by atoms with Crippen molar-refractivity contribution in [2.75, 3.05) is 13.1 Å². The fraction of sp³-hybridized carbons (Fsp3) is 0.533. The van der Waals surface area contributed by atoms with Crippen LogP contribution in [0.25, 0.3) is 0 Å². The minimum absolute atomic E-state index is 0.0393. The van der Waals surface area contributed by atoms with E-state index in [1.165, 1.54) is 18.4 Å². The Morgan fingerprint density at radius 2 is 2.05 bits per heavy atom. The highest BCUT2D eigenvalue weighted by Gasteiger charge is 2.41. The number of benzene rings is 1. The second-order valence-electron chi connectivity index (χ2n) is 5.21. The maximum Gasteiger partial charge on any atom is 0.307 e. The van der Waals surface area contributed by atoms with Crippen LogP contribution in [0, 0.1) is 0 Å². The van der Waals surface area contributed by atoms with Gasteiger partial charge in [-0.2, -0.15) is 0 Å². The third-order valence-electron chi connectivity index (χ3n) is 3.44. The molecule has 1 saturated heterocycles. The zero-order chi connectivity index (χ0) is 13.7. The van der Waals surface area contributed by atoms with Crippen molar-refractivity contribution in [2.24, 2.45) is 0 Å². The molecule has 0 bridgehead atoms. The Morgan fingerprint density at radius 1 is 1.37 bits per heavy atom. The first-order valence-corrected chi connectivity index (χ1v) is 6.84. The van der Waals surface area contributed by atoms with E-state index in [1.54, 1.807) is 0 Å². The predicted octanol–water partition coefficient (Wildman–Crippen LogP) is 2.22. The van der Waals surface area contributed by atoms with Crippen molar-refractivity contribution in [3.63, 3.8) is 0 Å². The van der Waals surface area contributed by atoms with E-state index >= 15 is 0 Å². The summed E-state index contributed by atoms with van der Waals surface area (Å²) in [5.74, 6) is -0.0657. The van der Waals surface area contributed by atoms with Gasteiger partial charge in [0.15, 0.2) is 0 Å². The Morgan fingerprint density at radius 3 is 2.53 bits per heavy atom. The van der Waals surface area contributed by atoms with Gasteiger partial charge in [0, 0.05) is 13.1 Å². The van der Waals surface area contributed by atoms with Crippen LogP contribution in [0.1, 0.15) is 31.7 Å². The number of unbranched alkanes of at least 4 members (excludes halogenated alkanes) is 1. The number of carboxylic acids is 1. The number of ether oxygens (including phenoxy) is 1. The number of rotatable bonds is 7. The topological polar surface area (TPSA) is 58.6 Å². The van der Waals surface area contributed by atoms with Gasteiger partial charge in [0.2, 0.25) is 0 Å². The molecule has 2 rings (SSSR count). The second kappa shape index (κ2) is 6.06. The highest BCUT2D eigenvalue weighted by atomic mass is 16.5. The quantitative estimate of drug-likeness (QED) is 0.792. The summed E-state index contributed by atoms with van der Waals surface area (Å²) in [6.07, 6.45) is 3.49. The molecular formula is C15H21NO3. The Labute approximate surface area is 113 Å². The molecule has 1 aliphatic heterocycles. The Kier molecular flexibility index (Phi) is 4.43. The molecule has 0 radical (unpaired) electrons. The Bertz CT molecular complexity index is 424. The second-order valence-corrected chi connectivity index (χ2v) is 5.21. The predicted molar refractivity (Wildman–Crippen MR) is 73.5 cm³/mol. The SMILES string of the molecule is CCCCc1ccc(OC2(CC(=O)O)CNC2)cc1. The molecule has 4 heteroatoms. The highest BCUT2D eigenvalue weighted by molar-refractivity contribution is 5.68. The van der Waals surface area contributed by atoms with E-state index < -0.39 is 11.6 Å². The molecule has 2 N–H and O–H groups in total. The summed E-state index contributed by atoms with van der Waals surface area (Å²) < 4.78 is 5.86. The van der Waals surface area contributed by atoms with E-state index in [4.69, 9.17) is 9.84 Å². The first-order chi connectivity index (χ1) is 9.13. The molecule has 0 unspecified atom stereocenters. The molecule has 4 nitrogen and oxygen atoms in total. The van der Waals surface area contributed by atoms with Crippen LogP contribution in [0.5, 0.6) is 5.75 Å². The molecule has 0 aromatic heterocycles. The molecular weight excluding hydrogens is 242 g/mol. The number of carboxylic acid groups (broad SMARTS) is 1. The normalized spacial score (nSPS) is 16.7. The summed E-state index contributed by atoms with van der Waals surface area (Å²) in [5, 5.41) is 12.0. The van der Waals surface area contributed by atoms with Crippen molar-refractivity contribution >= 4 is 5.97 Å². The van der Waals surface area contributed by atoms with Gasteiger partial charge in [0.05, 0.1) is 6.42 Å². The summed E-state index contributed by atoms with van der Waals surface area (Å²) in [6, 6.07) is 8.00. The average Bonchev–Trinajstić information content (AvgIpc) is 2.35. The molecule has 1 aliphatic rings. The molecule has 0 amide bonds. The van der Waals surface area contributed by atoms with E-state index in [9.17, 15) is 4.79 Å². The van der Waals surface area contributed by atoms with E-state index in [0.717, 1.165) is 12.2 Å². The van der Waals surface area contributed by atoms with Crippen molar-refractivity contribution in [2.45, 2.75) is 38.2 Å². The third-order valence-corrected chi connectivity index (χ3v) is 3.44. The lowest BCUT2D eigenvalue weighted by Gasteiger charge is -2.41. The monoisotopic (exact) mass is 263 g/mol. The number of hydrogen-bond donors (Lipinski definition) is 2. The van der Waals surface area contributed by atoms with E-state index in [1.807, 2.05) is 12.1 Å². The molecule has 1 aromatic rings. The molecule has 1 heterocycles. The maximum absolute atomic E-state index is 10.9. The minimum atomic E-state index is -0.818. The van der Waals surface area contributed by atoms with E-state index in [-0.39, 0.29) is 6.42 Å². The molecule has 1 aromatic carbocycles. The summed E-state index contributed by atoms with van der Waals surface area (Å²) in [7, 11) is 0. The van der Waals surface area contributed by atoms with E-state index in [2.05, 4.69) is 24.4 Å². The van der Waals surface area contributed by atoms with Gasteiger partial charge in [-0.3, -0.25) is 4.79 Å².